The number of carboxylic acid groups (broad SMARTS) is 1. The number of pyridine rings is 1. The fourth-order valence-corrected chi connectivity index (χ4v) is 1.29. The van der Waals surface area contributed by atoms with E-state index in [-0.39, 0.29) is 0 Å². The first kappa shape index (κ1) is 11.8. The Kier molecular flexibility index (Phi) is 3.38. The SMILES string of the molecule is Cn1cc(Oc2ccc(/C=C/C(=O)O)cn2)cn1. The molecule has 0 aliphatic rings. The number of hydrogen-bond acceptors (Lipinski definition) is 4. The van der Waals surface area contributed by atoms with Crippen LogP contribution in [0.2, 0.25) is 0 Å². The van der Waals surface area contributed by atoms with Crippen molar-refractivity contribution >= 4 is 12.0 Å². The van der Waals surface area contributed by atoms with Gasteiger partial charge in [-0.25, -0.2) is 9.78 Å². The van der Waals surface area contributed by atoms with Crippen LogP contribution in [0.3, 0.4) is 0 Å². The van der Waals surface area contributed by atoms with Gasteiger partial charge in [0.25, 0.3) is 0 Å². The molecule has 2 rings (SSSR count). The maximum absolute atomic E-state index is 10.3. The fraction of sp³-hybridized carbons (Fsp3) is 0.0833. The number of aryl methyl sites for hydroxylation is 1. The van der Waals surface area contributed by atoms with Crippen LogP contribution >= 0.6 is 0 Å². The molecule has 0 radical (unpaired) electrons. The third kappa shape index (κ3) is 3.18. The lowest BCUT2D eigenvalue weighted by Crippen LogP contribution is -1.88. The lowest BCUT2D eigenvalue weighted by Gasteiger charge is -2.01. The molecule has 0 fully saturated rings. The molecule has 2 aromatic rings. The molecule has 0 bridgehead atoms. The van der Waals surface area contributed by atoms with E-state index < -0.39 is 5.97 Å². The number of carboxylic acids is 1. The highest BCUT2D eigenvalue weighted by molar-refractivity contribution is 5.85. The number of rotatable bonds is 4. The minimum absolute atomic E-state index is 0.426. The van der Waals surface area contributed by atoms with E-state index in [0.29, 0.717) is 17.2 Å². The Labute approximate surface area is 103 Å². The third-order valence-corrected chi connectivity index (χ3v) is 2.08. The molecule has 0 atom stereocenters. The summed E-state index contributed by atoms with van der Waals surface area (Å²) in [5, 5.41) is 12.5. The van der Waals surface area contributed by atoms with Crippen LogP contribution in [-0.4, -0.2) is 25.8 Å². The van der Waals surface area contributed by atoms with Crippen LogP contribution in [0.15, 0.2) is 36.8 Å². The molecule has 0 unspecified atom stereocenters. The molecule has 0 saturated heterocycles. The normalized spacial score (nSPS) is 10.7. The van der Waals surface area contributed by atoms with Crippen molar-refractivity contribution < 1.29 is 14.6 Å². The summed E-state index contributed by atoms with van der Waals surface area (Å²) < 4.78 is 7.07. The van der Waals surface area contributed by atoms with E-state index in [0.717, 1.165) is 6.08 Å². The van der Waals surface area contributed by atoms with Gasteiger partial charge in [0.15, 0.2) is 5.75 Å². The fourth-order valence-electron chi connectivity index (χ4n) is 1.29. The lowest BCUT2D eigenvalue weighted by atomic mass is 10.2. The van der Waals surface area contributed by atoms with E-state index in [1.54, 1.807) is 36.3 Å². The topological polar surface area (TPSA) is 77.2 Å². The molecule has 18 heavy (non-hydrogen) atoms. The summed E-state index contributed by atoms with van der Waals surface area (Å²) in [4.78, 5) is 14.4. The van der Waals surface area contributed by atoms with Crippen molar-refractivity contribution in [2.24, 2.45) is 7.05 Å². The molecule has 6 nitrogen and oxygen atoms in total. The quantitative estimate of drug-likeness (QED) is 0.829. The van der Waals surface area contributed by atoms with Gasteiger partial charge in [-0.1, -0.05) is 0 Å². The Bertz CT molecular complexity index is 573. The van der Waals surface area contributed by atoms with Crippen LogP contribution in [0.5, 0.6) is 11.6 Å². The maximum atomic E-state index is 10.3. The van der Waals surface area contributed by atoms with Crippen molar-refractivity contribution in [1.29, 1.82) is 0 Å². The van der Waals surface area contributed by atoms with Crippen molar-refractivity contribution in [1.82, 2.24) is 14.8 Å². The molecule has 0 aromatic carbocycles. The lowest BCUT2D eigenvalue weighted by molar-refractivity contribution is -0.131. The van der Waals surface area contributed by atoms with Crippen molar-refractivity contribution in [3.8, 4) is 11.6 Å². The predicted molar refractivity (Wildman–Crippen MR) is 64.2 cm³/mol. The molecule has 0 spiro atoms. The van der Waals surface area contributed by atoms with Crippen molar-refractivity contribution in [3.63, 3.8) is 0 Å². The average Bonchev–Trinajstić information content (AvgIpc) is 2.74. The second-order valence-electron chi connectivity index (χ2n) is 3.55. The molecule has 6 heteroatoms. The number of aliphatic carboxylic acids is 1. The van der Waals surface area contributed by atoms with Gasteiger partial charge in [-0.3, -0.25) is 4.68 Å². The van der Waals surface area contributed by atoms with Crippen molar-refractivity contribution in [2.45, 2.75) is 0 Å². The monoisotopic (exact) mass is 245 g/mol. The molecular weight excluding hydrogens is 234 g/mol. The second kappa shape index (κ2) is 5.13. The zero-order chi connectivity index (χ0) is 13.0. The average molecular weight is 245 g/mol. The standard InChI is InChI=1S/C12H11N3O3/c1-15-8-10(7-14-15)18-11-4-2-9(6-13-11)3-5-12(16)17/h2-8H,1H3,(H,16,17)/b5-3+. The third-order valence-electron chi connectivity index (χ3n) is 2.08. The molecule has 2 heterocycles. The van der Waals surface area contributed by atoms with Crippen LogP contribution < -0.4 is 4.74 Å². The molecule has 0 saturated carbocycles. The first-order valence-corrected chi connectivity index (χ1v) is 5.17. The number of hydrogen-bond donors (Lipinski definition) is 1. The van der Waals surface area contributed by atoms with Gasteiger partial charge in [-0.2, -0.15) is 5.10 Å². The van der Waals surface area contributed by atoms with Gasteiger partial charge in [-0.15, -0.1) is 0 Å². The van der Waals surface area contributed by atoms with Crippen LogP contribution in [0.1, 0.15) is 5.56 Å². The smallest absolute Gasteiger partial charge is 0.328 e. The van der Waals surface area contributed by atoms with E-state index in [1.807, 2.05) is 0 Å². The highest BCUT2D eigenvalue weighted by atomic mass is 16.5. The van der Waals surface area contributed by atoms with Crippen LogP contribution in [0.25, 0.3) is 6.08 Å². The van der Waals surface area contributed by atoms with Crippen LogP contribution in [0, 0.1) is 0 Å². The Balaban J connectivity index is 2.06. The number of ether oxygens (including phenoxy) is 1. The van der Waals surface area contributed by atoms with E-state index in [9.17, 15) is 4.79 Å². The van der Waals surface area contributed by atoms with E-state index in [2.05, 4.69) is 10.1 Å². The van der Waals surface area contributed by atoms with Gasteiger partial charge < -0.3 is 9.84 Å². The van der Waals surface area contributed by atoms with Crippen molar-refractivity contribution in [3.05, 3.63) is 42.4 Å². The Hall–Kier alpha value is -2.63. The highest BCUT2D eigenvalue weighted by Gasteiger charge is 2.00. The summed E-state index contributed by atoms with van der Waals surface area (Å²) in [6.07, 6.45) is 7.35. The number of nitrogens with zero attached hydrogens (tertiary/aromatic N) is 3. The van der Waals surface area contributed by atoms with Crippen molar-refractivity contribution in [2.75, 3.05) is 0 Å². The van der Waals surface area contributed by atoms with Gasteiger partial charge in [0.2, 0.25) is 5.88 Å². The first-order chi connectivity index (χ1) is 8.63. The largest absolute Gasteiger partial charge is 0.478 e. The van der Waals surface area contributed by atoms with Gasteiger partial charge in [0.1, 0.15) is 0 Å². The molecule has 0 aliphatic heterocycles. The van der Waals surface area contributed by atoms with E-state index in [1.165, 1.54) is 12.3 Å². The molecular formula is C12H11N3O3. The zero-order valence-corrected chi connectivity index (χ0v) is 9.65. The summed E-state index contributed by atoms with van der Waals surface area (Å²) in [5.74, 6) is 0.0278. The predicted octanol–water partition coefficient (Wildman–Crippen LogP) is 1.71. The summed E-state index contributed by atoms with van der Waals surface area (Å²) >= 11 is 0. The minimum Gasteiger partial charge on any atom is -0.478 e. The maximum Gasteiger partial charge on any atom is 0.328 e. The Morgan fingerprint density at radius 3 is 2.83 bits per heavy atom. The van der Waals surface area contributed by atoms with Gasteiger partial charge in [0, 0.05) is 25.4 Å². The molecule has 2 aromatic heterocycles. The molecule has 92 valence electrons. The molecule has 0 aliphatic carbocycles. The summed E-state index contributed by atoms with van der Waals surface area (Å²) in [6.45, 7) is 0. The first-order valence-electron chi connectivity index (χ1n) is 5.17. The highest BCUT2D eigenvalue weighted by Crippen LogP contribution is 2.18. The minimum atomic E-state index is -0.995. The second-order valence-corrected chi connectivity index (χ2v) is 3.55. The Morgan fingerprint density at radius 2 is 2.28 bits per heavy atom. The van der Waals surface area contributed by atoms with E-state index >= 15 is 0 Å². The zero-order valence-electron chi connectivity index (χ0n) is 9.65. The summed E-state index contributed by atoms with van der Waals surface area (Å²) in [5.41, 5.74) is 0.691. The van der Waals surface area contributed by atoms with E-state index in [4.69, 9.17) is 9.84 Å². The number of aromatic nitrogens is 3. The van der Waals surface area contributed by atoms with Gasteiger partial charge in [-0.05, 0) is 17.7 Å². The van der Waals surface area contributed by atoms with Crippen LogP contribution in [-0.2, 0) is 11.8 Å². The summed E-state index contributed by atoms with van der Waals surface area (Å²) in [6, 6.07) is 3.38. The molecule has 1 N–H and O–H groups in total. The van der Waals surface area contributed by atoms with Crippen LogP contribution in [0.4, 0.5) is 0 Å². The summed E-state index contributed by atoms with van der Waals surface area (Å²) in [7, 11) is 1.79. The van der Waals surface area contributed by atoms with Gasteiger partial charge in [0.05, 0.1) is 12.4 Å². The number of carbonyl (C=O) groups is 1. The Morgan fingerprint density at radius 1 is 1.44 bits per heavy atom. The van der Waals surface area contributed by atoms with Gasteiger partial charge >= 0.3 is 5.97 Å². The molecule has 0 amide bonds.